The third-order valence-electron chi connectivity index (χ3n) is 8.95. The molecule has 4 aliphatic carbocycles. The standard InChI is InChI=1S/C30H32N2O4/c1-4-30(2,3)17-5-9-19(10-6-17)36-20-11-7-18(8-12-20)31-25(33)16-32-28(34)26-21-13-14-22(24-15-23(21)24)27(26)29(32)35/h5-14,21-24,26-27H,4,15-16H2,1-3H3,(H,31,33)/t21-,22-,23-,24+,26-,27-/m1/s1. The van der Waals surface area contributed by atoms with Crippen LogP contribution in [-0.2, 0) is 19.8 Å². The average Bonchev–Trinajstić information content (AvgIpc) is 3.66. The predicted octanol–water partition coefficient (Wildman–Crippen LogP) is 5.16. The lowest BCUT2D eigenvalue weighted by atomic mass is 9.63. The van der Waals surface area contributed by atoms with Crippen molar-refractivity contribution in [2.45, 2.75) is 39.0 Å². The van der Waals surface area contributed by atoms with Crippen LogP contribution in [0.1, 0.15) is 39.2 Å². The highest BCUT2D eigenvalue weighted by atomic mass is 16.5. The van der Waals surface area contributed by atoms with Crippen molar-refractivity contribution >= 4 is 23.4 Å². The Morgan fingerprint density at radius 3 is 1.97 bits per heavy atom. The Labute approximate surface area is 211 Å². The van der Waals surface area contributed by atoms with Gasteiger partial charge in [-0.2, -0.15) is 0 Å². The van der Waals surface area contributed by atoms with Gasteiger partial charge in [0, 0.05) is 5.69 Å². The molecule has 0 radical (unpaired) electrons. The summed E-state index contributed by atoms with van der Waals surface area (Å²) in [7, 11) is 0. The molecule has 36 heavy (non-hydrogen) atoms. The lowest BCUT2D eigenvalue weighted by molar-refractivity contribution is -0.142. The number of hydrogen-bond acceptors (Lipinski definition) is 4. The molecule has 0 spiro atoms. The van der Waals surface area contributed by atoms with Crippen LogP contribution in [-0.4, -0.2) is 29.2 Å². The predicted molar refractivity (Wildman–Crippen MR) is 136 cm³/mol. The zero-order valence-corrected chi connectivity index (χ0v) is 20.9. The van der Waals surface area contributed by atoms with Crippen LogP contribution in [0.3, 0.4) is 0 Å². The van der Waals surface area contributed by atoms with E-state index >= 15 is 0 Å². The Bertz CT molecular complexity index is 1210. The molecule has 6 heteroatoms. The number of hydrogen-bond donors (Lipinski definition) is 1. The molecule has 186 valence electrons. The third-order valence-corrected chi connectivity index (χ3v) is 8.95. The second-order valence-corrected chi connectivity index (χ2v) is 11.4. The number of allylic oxidation sites excluding steroid dienone is 2. The zero-order valence-electron chi connectivity index (χ0n) is 20.9. The highest BCUT2D eigenvalue weighted by molar-refractivity contribution is 6.09. The van der Waals surface area contributed by atoms with Crippen molar-refractivity contribution in [3.63, 3.8) is 0 Å². The van der Waals surface area contributed by atoms with Crippen LogP contribution < -0.4 is 10.1 Å². The second kappa shape index (κ2) is 8.32. The molecule has 2 aromatic carbocycles. The van der Waals surface area contributed by atoms with Crippen LogP contribution in [0.2, 0.25) is 0 Å². The number of rotatable bonds is 7. The number of carbonyl (C=O) groups excluding carboxylic acids is 3. The van der Waals surface area contributed by atoms with Gasteiger partial charge in [-0.3, -0.25) is 19.3 Å². The molecule has 1 N–H and O–H groups in total. The van der Waals surface area contributed by atoms with Crippen molar-refractivity contribution in [1.29, 1.82) is 0 Å². The second-order valence-electron chi connectivity index (χ2n) is 11.4. The first-order valence-electron chi connectivity index (χ1n) is 13.0. The first-order chi connectivity index (χ1) is 17.3. The summed E-state index contributed by atoms with van der Waals surface area (Å²) in [6.07, 6.45) is 6.46. The first-order valence-corrected chi connectivity index (χ1v) is 13.0. The summed E-state index contributed by atoms with van der Waals surface area (Å²) in [5.41, 5.74) is 1.98. The summed E-state index contributed by atoms with van der Waals surface area (Å²) < 4.78 is 5.95. The molecule has 0 aromatic heterocycles. The largest absolute Gasteiger partial charge is 0.457 e. The van der Waals surface area contributed by atoms with E-state index < -0.39 is 0 Å². The Kier molecular flexibility index (Phi) is 5.32. The fraction of sp³-hybridized carbons (Fsp3) is 0.433. The minimum atomic E-state index is -0.372. The molecule has 1 saturated heterocycles. The van der Waals surface area contributed by atoms with Crippen LogP contribution in [0.4, 0.5) is 5.69 Å². The van der Waals surface area contributed by atoms with Crippen molar-refractivity contribution in [1.82, 2.24) is 4.90 Å². The Morgan fingerprint density at radius 2 is 1.44 bits per heavy atom. The number of nitrogens with one attached hydrogen (secondary N) is 1. The fourth-order valence-corrected chi connectivity index (χ4v) is 6.44. The van der Waals surface area contributed by atoms with E-state index in [4.69, 9.17) is 4.74 Å². The van der Waals surface area contributed by atoms with E-state index in [1.165, 1.54) is 10.5 Å². The molecule has 2 saturated carbocycles. The molecule has 3 amide bonds. The molecule has 0 unspecified atom stereocenters. The summed E-state index contributed by atoms with van der Waals surface area (Å²) in [5, 5.41) is 2.81. The third kappa shape index (κ3) is 3.74. The van der Waals surface area contributed by atoms with Crippen molar-refractivity contribution in [2.75, 3.05) is 11.9 Å². The zero-order chi connectivity index (χ0) is 25.2. The summed E-state index contributed by atoms with van der Waals surface area (Å²) in [6, 6.07) is 15.2. The smallest absolute Gasteiger partial charge is 0.244 e. The van der Waals surface area contributed by atoms with Gasteiger partial charge in [0.2, 0.25) is 17.7 Å². The van der Waals surface area contributed by atoms with Crippen molar-refractivity contribution in [2.24, 2.45) is 35.5 Å². The van der Waals surface area contributed by atoms with Gasteiger partial charge in [0.25, 0.3) is 0 Å². The van der Waals surface area contributed by atoms with Crippen molar-refractivity contribution in [3.8, 4) is 11.5 Å². The molecular formula is C30H32N2O4. The fourth-order valence-electron chi connectivity index (χ4n) is 6.44. The van der Waals surface area contributed by atoms with E-state index in [-0.39, 0.29) is 53.4 Å². The highest BCUT2D eigenvalue weighted by Gasteiger charge is 2.67. The van der Waals surface area contributed by atoms with Gasteiger partial charge in [0.05, 0.1) is 11.8 Å². The molecule has 5 aliphatic rings. The molecule has 7 rings (SSSR count). The van der Waals surface area contributed by atoms with E-state index in [9.17, 15) is 14.4 Å². The van der Waals surface area contributed by atoms with Crippen LogP contribution in [0.5, 0.6) is 11.5 Å². The molecular weight excluding hydrogens is 452 g/mol. The number of carbonyl (C=O) groups is 3. The van der Waals surface area contributed by atoms with Gasteiger partial charge in [-0.1, -0.05) is 45.1 Å². The van der Waals surface area contributed by atoms with E-state index in [1.807, 2.05) is 12.1 Å². The Hall–Kier alpha value is -3.41. The normalized spacial score (nSPS) is 29.7. The summed E-state index contributed by atoms with van der Waals surface area (Å²) in [6.45, 7) is 6.39. The Balaban J connectivity index is 1.06. The lowest BCUT2D eigenvalue weighted by Gasteiger charge is -2.37. The van der Waals surface area contributed by atoms with Gasteiger partial charge in [-0.15, -0.1) is 0 Å². The minimum absolute atomic E-state index is 0.123. The van der Waals surface area contributed by atoms with E-state index in [0.717, 1.165) is 18.6 Å². The SMILES string of the molecule is CCC(C)(C)c1ccc(Oc2ccc(NC(=O)CN3C(=O)[C@@H]4[C@@H]5C=C[C@H]([C@@H]6C[C@H]56)[C@H]4C3=O)cc2)cc1. The maximum atomic E-state index is 13.1. The number of anilines is 1. The van der Waals surface area contributed by atoms with E-state index in [1.54, 1.807) is 24.3 Å². The van der Waals surface area contributed by atoms with Crippen LogP contribution in [0.25, 0.3) is 0 Å². The molecule has 6 atom stereocenters. The number of benzene rings is 2. The lowest BCUT2D eigenvalue weighted by Crippen LogP contribution is -2.40. The summed E-state index contributed by atoms with van der Waals surface area (Å²) in [5.74, 6) is 1.55. The van der Waals surface area contributed by atoms with Crippen LogP contribution >= 0.6 is 0 Å². The summed E-state index contributed by atoms with van der Waals surface area (Å²) in [4.78, 5) is 40.1. The molecule has 2 aromatic rings. The maximum absolute atomic E-state index is 13.1. The van der Waals surface area contributed by atoms with Crippen molar-refractivity contribution in [3.05, 3.63) is 66.2 Å². The van der Waals surface area contributed by atoms with Gasteiger partial charge in [0.15, 0.2) is 0 Å². The van der Waals surface area contributed by atoms with Crippen LogP contribution in [0, 0.1) is 35.5 Å². The molecule has 6 nitrogen and oxygen atoms in total. The van der Waals surface area contributed by atoms with Crippen molar-refractivity contribution < 1.29 is 19.1 Å². The molecule has 1 heterocycles. The van der Waals surface area contributed by atoms with Gasteiger partial charge in [-0.05, 0) is 83.9 Å². The van der Waals surface area contributed by atoms with E-state index in [0.29, 0.717) is 23.3 Å². The monoisotopic (exact) mass is 484 g/mol. The minimum Gasteiger partial charge on any atom is -0.457 e. The van der Waals surface area contributed by atoms with Gasteiger partial charge >= 0.3 is 0 Å². The molecule has 3 fully saturated rings. The maximum Gasteiger partial charge on any atom is 0.244 e. The first kappa shape index (κ1) is 23.0. The molecule has 2 bridgehead atoms. The average molecular weight is 485 g/mol. The number of imide groups is 1. The Morgan fingerprint density at radius 1 is 0.917 bits per heavy atom. The van der Waals surface area contributed by atoms with Gasteiger partial charge in [0.1, 0.15) is 18.0 Å². The number of likely N-dealkylation sites (tertiary alicyclic amines) is 1. The topological polar surface area (TPSA) is 75.7 Å². The highest BCUT2D eigenvalue weighted by Crippen LogP contribution is 2.65. The molecule has 1 aliphatic heterocycles. The van der Waals surface area contributed by atoms with E-state index in [2.05, 4.69) is 50.4 Å². The van der Waals surface area contributed by atoms with Gasteiger partial charge < -0.3 is 10.1 Å². The number of amides is 3. The van der Waals surface area contributed by atoms with Crippen LogP contribution in [0.15, 0.2) is 60.7 Å². The van der Waals surface area contributed by atoms with Gasteiger partial charge in [-0.25, -0.2) is 0 Å². The number of ether oxygens (including phenoxy) is 1. The number of nitrogens with zero attached hydrogens (tertiary/aromatic N) is 1. The quantitative estimate of drug-likeness (QED) is 0.435. The summed E-state index contributed by atoms with van der Waals surface area (Å²) >= 11 is 0.